The maximum absolute atomic E-state index is 8.69. The Morgan fingerprint density at radius 2 is 2.14 bits per heavy atom. The lowest BCUT2D eigenvalue weighted by Crippen LogP contribution is -2.22. The largest absolute Gasteiger partial charge is 0.496 e. The summed E-state index contributed by atoms with van der Waals surface area (Å²) in [6.07, 6.45) is 0. The Morgan fingerprint density at radius 1 is 1.43 bits per heavy atom. The lowest BCUT2D eigenvalue weighted by atomic mass is 10.1. The van der Waals surface area contributed by atoms with Gasteiger partial charge in [-0.3, -0.25) is 0 Å². The number of para-hydroxylation sites is 1. The van der Waals surface area contributed by atoms with Gasteiger partial charge in [0.05, 0.1) is 13.7 Å². The summed E-state index contributed by atoms with van der Waals surface area (Å²) in [4.78, 5) is 0. The second-order valence-electron chi connectivity index (χ2n) is 3.14. The standard InChI is InChI=1S/C11H17NO2/c1-9(12-7-8-13)10-5-3-4-6-11(10)14-2/h3-6,9,12-13H,7-8H2,1-2H3/t9-/m1/s1. The van der Waals surface area contributed by atoms with Crippen LogP contribution in [0.2, 0.25) is 0 Å². The van der Waals surface area contributed by atoms with Gasteiger partial charge in [0.15, 0.2) is 0 Å². The van der Waals surface area contributed by atoms with Gasteiger partial charge < -0.3 is 15.2 Å². The van der Waals surface area contributed by atoms with E-state index in [1.54, 1.807) is 7.11 Å². The summed E-state index contributed by atoms with van der Waals surface area (Å²) in [6, 6.07) is 8.08. The zero-order valence-electron chi connectivity index (χ0n) is 8.66. The third-order valence-electron chi connectivity index (χ3n) is 2.17. The Balaban J connectivity index is 2.72. The lowest BCUT2D eigenvalue weighted by molar-refractivity contribution is 0.285. The van der Waals surface area contributed by atoms with E-state index in [1.807, 2.05) is 31.2 Å². The molecule has 2 N–H and O–H groups in total. The molecular weight excluding hydrogens is 178 g/mol. The van der Waals surface area contributed by atoms with Crippen molar-refractivity contribution in [2.75, 3.05) is 20.3 Å². The molecule has 0 spiro atoms. The monoisotopic (exact) mass is 195 g/mol. The van der Waals surface area contributed by atoms with Crippen molar-refractivity contribution in [3.63, 3.8) is 0 Å². The summed E-state index contributed by atoms with van der Waals surface area (Å²) in [7, 11) is 1.66. The molecule has 0 amide bonds. The van der Waals surface area contributed by atoms with E-state index in [1.165, 1.54) is 0 Å². The quantitative estimate of drug-likeness (QED) is 0.745. The molecule has 1 atom stereocenters. The highest BCUT2D eigenvalue weighted by molar-refractivity contribution is 5.35. The number of ether oxygens (including phenoxy) is 1. The first kappa shape index (κ1) is 11.0. The van der Waals surface area contributed by atoms with Gasteiger partial charge in [0, 0.05) is 18.2 Å². The van der Waals surface area contributed by atoms with Crippen LogP contribution >= 0.6 is 0 Å². The fourth-order valence-corrected chi connectivity index (χ4v) is 1.42. The normalized spacial score (nSPS) is 12.5. The zero-order valence-corrected chi connectivity index (χ0v) is 8.66. The third kappa shape index (κ3) is 2.72. The van der Waals surface area contributed by atoms with E-state index in [2.05, 4.69) is 5.32 Å². The second kappa shape index (κ2) is 5.62. The Hall–Kier alpha value is -1.06. The van der Waals surface area contributed by atoms with Crippen molar-refractivity contribution in [3.8, 4) is 5.75 Å². The maximum Gasteiger partial charge on any atom is 0.123 e. The molecule has 0 saturated carbocycles. The summed E-state index contributed by atoms with van der Waals surface area (Å²) >= 11 is 0. The van der Waals surface area contributed by atoms with E-state index in [0.717, 1.165) is 11.3 Å². The molecule has 0 aliphatic rings. The summed E-state index contributed by atoms with van der Waals surface area (Å²) in [6.45, 7) is 2.80. The van der Waals surface area contributed by atoms with E-state index in [9.17, 15) is 0 Å². The number of hydrogen-bond donors (Lipinski definition) is 2. The molecule has 0 aliphatic heterocycles. The van der Waals surface area contributed by atoms with Gasteiger partial charge in [-0.15, -0.1) is 0 Å². The molecule has 3 heteroatoms. The number of benzene rings is 1. The summed E-state index contributed by atoms with van der Waals surface area (Å²) in [5.41, 5.74) is 1.11. The van der Waals surface area contributed by atoms with Crippen molar-refractivity contribution in [3.05, 3.63) is 29.8 Å². The van der Waals surface area contributed by atoms with Crippen LogP contribution in [0.15, 0.2) is 24.3 Å². The van der Waals surface area contributed by atoms with E-state index in [0.29, 0.717) is 6.54 Å². The van der Waals surface area contributed by atoms with Crippen molar-refractivity contribution in [2.24, 2.45) is 0 Å². The van der Waals surface area contributed by atoms with Crippen LogP contribution in [0.3, 0.4) is 0 Å². The highest BCUT2D eigenvalue weighted by Crippen LogP contribution is 2.23. The number of nitrogens with one attached hydrogen (secondary N) is 1. The van der Waals surface area contributed by atoms with E-state index < -0.39 is 0 Å². The first-order valence-electron chi connectivity index (χ1n) is 4.76. The number of aliphatic hydroxyl groups is 1. The Labute approximate surface area is 84.7 Å². The van der Waals surface area contributed by atoms with Crippen molar-refractivity contribution < 1.29 is 9.84 Å². The first-order chi connectivity index (χ1) is 6.79. The highest BCUT2D eigenvalue weighted by Gasteiger charge is 2.08. The molecule has 1 rings (SSSR count). The molecule has 78 valence electrons. The first-order valence-corrected chi connectivity index (χ1v) is 4.76. The molecule has 0 fully saturated rings. The lowest BCUT2D eigenvalue weighted by Gasteiger charge is -2.16. The number of hydrogen-bond acceptors (Lipinski definition) is 3. The van der Waals surface area contributed by atoms with Crippen LogP contribution in [0.4, 0.5) is 0 Å². The average Bonchev–Trinajstić information content (AvgIpc) is 2.25. The summed E-state index contributed by atoms with van der Waals surface area (Å²) in [5.74, 6) is 0.880. The van der Waals surface area contributed by atoms with E-state index in [-0.39, 0.29) is 12.6 Å². The van der Waals surface area contributed by atoms with Crippen LogP contribution in [0.25, 0.3) is 0 Å². The third-order valence-corrected chi connectivity index (χ3v) is 2.17. The van der Waals surface area contributed by atoms with Gasteiger partial charge in [-0.25, -0.2) is 0 Å². The summed E-state index contributed by atoms with van der Waals surface area (Å²) < 4.78 is 5.24. The minimum atomic E-state index is 0.152. The van der Waals surface area contributed by atoms with Gasteiger partial charge in [-0.1, -0.05) is 18.2 Å². The predicted molar refractivity (Wildman–Crippen MR) is 56.5 cm³/mol. The second-order valence-corrected chi connectivity index (χ2v) is 3.14. The van der Waals surface area contributed by atoms with Gasteiger partial charge in [-0.2, -0.15) is 0 Å². The van der Waals surface area contributed by atoms with Crippen LogP contribution < -0.4 is 10.1 Å². The maximum atomic E-state index is 8.69. The number of methoxy groups -OCH3 is 1. The molecule has 0 saturated heterocycles. The smallest absolute Gasteiger partial charge is 0.123 e. The fourth-order valence-electron chi connectivity index (χ4n) is 1.42. The molecule has 0 aromatic heterocycles. The molecule has 14 heavy (non-hydrogen) atoms. The van der Waals surface area contributed by atoms with E-state index in [4.69, 9.17) is 9.84 Å². The molecule has 3 nitrogen and oxygen atoms in total. The van der Waals surface area contributed by atoms with Crippen LogP contribution in [0.1, 0.15) is 18.5 Å². The average molecular weight is 195 g/mol. The predicted octanol–water partition coefficient (Wildman–Crippen LogP) is 1.34. The highest BCUT2D eigenvalue weighted by atomic mass is 16.5. The Morgan fingerprint density at radius 3 is 2.79 bits per heavy atom. The van der Waals surface area contributed by atoms with Gasteiger partial charge in [-0.05, 0) is 13.0 Å². The molecule has 0 heterocycles. The molecule has 0 unspecified atom stereocenters. The van der Waals surface area contributed by atoms with Crippen LogP contribution in [0.5, 0.6) is 5.75 Å². The van der Waals surface area contributed by atoms with Crippen molar-refractivity contribution >= 4 is 0 Å². The van der Waals surface area contributed by atoms with Crippen molar-refractivity contribution in [1.29, 1.82) is 0 Å². The molecule has 1 aromatic carbocycles. The van der Waals surface area contributed by atoms with E-state index >= 15 is 0 Å². The Kier molecular flexibility index (Phi) is 4.43. The molecule has 1 aromatic rings. The van der Waals surface area contributed by atoms with Crippen molar-refractivity contribution in [2.45, 2.75) is 13.0 Å². The van der Waals surface area contributed by atoms with Crippen LogP contribution in [0, 0.1) is 0 Å². The molecule has 0 radical (unpaired) electrons. The molecular formula is C11H17NO2. The zero-order chi connectivity index (χ0) is 10.4. The molecule has 0 bridgehead atoms. The van der Waals surface area contributed by atoms with Gasteiger partial charge in [0.2, 0.25) is 0 Å². The topological polar surface area (TPSA) is 41.5 Å². The van der Waals surface area contributed by atoms with Gasteiger partial charge >= 0.3 is 0 Å². The van der Waals surface area contributed by atoms with Crippen molar-refractivity contribution in [1.82, 2.24) is 5.32 Å². The number of rotatable bonds is 5. The van der Waals surface area contributed by atoms with Gasteiger partial charge in [0.1, 0.15) is 5.75 Å². The van der Waals surface area contributed by atoms with Gasteiger partial charge in [0.25, 0.3) is 0 Å². The molecule has 0 aliphatic carbocycles. The Bertz CT molecular complexity index is 276. The van der Waals surface area contributed by atoms with Crippen LogP contribution in [-0.2, 0) is 0 Å². The fraction of sp³-hybridized carbons (Fsp3) is 0.455. The van der Waals surface area contributed by atoms with Crippen LogP contribution in [-0.4, -0.2) is 25.4 Å². The number of aliphatic hydroxyl groups excluding tert-OH is 1. The summed E-state index contributed by atoms with van der Waals surface area (Å²) in [5, 5.41) is 11.9. The minimum absolute atomic E-state index is 0.152. The minimum Gasteiger partial charge on any atom is -0.496 e. The SMILES string of the molecule is COc1ccccc1[C@@H](C)NCCO.